The minimum Gasteiger partial charge on any atom is -0.423 e. The molecule has 0 amide bonds. The van der Waals surface area contributed by atoms with Crippen LogP contribution in [-0.4, -0.2) is 5.97 Å². The van der Waals surface area contributed by atoms with Gasteiger partial charge in [-0.1, -0.05) is 36.4 Å². The van der Waals surface area contributed by atoms with E-state index >= 15 is 0 Å². The number of rotatable bonds is 3. The van der Waals surface area contributed by atoms with Crippen molar-refractivity contribution in [3.63, 3.8) is 0 Å². The van der Waals surface area contributed by atoms with Crippen molar-refractivity contribution >= 4 is 18.6 Å². The van der Waals surface area contributed by atoms with Crippen LogP contribution < -0.4 is 4.74 Å². The van der Waals surface area contributed by atoms with Gasteiger partial charge in [0.05, 0.1) is 5.56 Å². The number of benzene rings is 2. The lowest BCUT2D eigenvalue weighted by Crippen LogP contribution is -2.09. The van der Waals surface area contributed by atoms with Gasteiger partial charge in [0.2, 0.25) is 0 Å². The molecule has 86 valence electrons. The van der Waals surface area contributed by atoms with Gasteiger partial charge in [-0.05, 0) is 18.2 Å². The van der Waals surface area contributed by atoms with Crippen molar-refractivity contribution in [2.45, 2.75) is 5.75 Å². The Kier molecular flexibility index (Phi) is 3.83. The van der Waals surface area contributed by atoms with E-state index in [-0.39, 0.29) is 5.97 Å². The van der Waals surface area contributed by atoms with Crippen LogP contribution in [0.1, 0.15) is 15.9 Å². The standard InChI is InChI=1S/C14H12O2S/c15-14(11-6-2-1-3-7-11)16-13-9-5-4-8-12(13)10-17/h1-9,17H,10H2. The van der Waals surface area contributed by atoms with Crippen LogP contribution in [0.5, 0.6) is 5.75 Å². The number of esters is 1. The summed E-state index contributed by atoms with van der Waals surface area (Å²) in [5, 5.41) is 0. The highest BCUT2D eigenvalue weighted by Crippen LogP contribution is 2.20. The van der Waals surface area contributed by atoms with Crippen LogP contribution in [0.15, 0.2) is 54.6 Å². The van der Waals surface area contributed by atoms with E-state index in [0.717, 1.165) is 5.56 Å². The fourth-order valence-electron chi connectivity index (χ4n) is 1.47. The fraction of sp³-hybridized carbons (Fsp3) is 0.0714. The summed E-state index contributed by atoms with van der Waals surface area (Å²) in [6, 6.07) is 16.3. The van der Waals surface area contributed by atoms with Gasteiger partial charge in [0.1, 0.15) is 5.75 Å². The summed E-state index contributed by atoms with van der Waals surface area (Å²) in [7, 11) is 0. The molecule has 0 unspecified atom stereocenters. The maximum absolute atomic E-state index is 11.8. The number of carbonyl (C=O) groups excluding carboxylic acids is 1. The predicted molar refractivity (Wildman–Crippen MR) is 70.5 cm³/mol. The van der Waals surface area contributed by atoms with Crippen molar-refractivity contribution in [1.29, 1.82) is 0 Å². The molecule has 0 bridgehead atoms. The third kappa shape index (κ3) is 2.88. The molecule has 2 rings (SSSR count). The Morgan fingerprint density at radius 1 is 1.00 bits per heavy atom. The van der Waals surface area contributed by atoms with Crippen molar-refractivity contribution in [2.24, 2.45) is 0 Å². The fourth-order valence-corrected chi connectivity index (χ4v) is 1.73. The molecule has 0 heterocycles. The van der Waals surface area contributed by atoms with Crippen LogP contribution in [0, 0.1) is 0 Å². The number of hydrogen-bond donors (Lipinski definition) is 1. The molecule has 0 aliphatic heterocycles. The molecule has 0 radical (unpaired) electrons. The minimum atomic E-state index is -0.347. The molecule has 2 aromatic rings. The van der Waals surface area contributed by atoms with Crippen molar-refractivity contribution in [3.8, 4) is 5.75 Å². The van der Waals surface area contributed by atoms with Gasteiger partial charge in [0.15, 0.2) is 0 Å². The number of hydrogen-bond acceptors (Lipinski definition) is 3. The lowest BCUT2D eigenvalue weighted by Gasteiger charge is -2.07. The Morgan fingerprint density at radius 3 is 2.35 bits per heavy atom. The molecule has 3 heteroatoms. The topological polar surface area (TPSA) is 26.3 Å². The van der Waals surface area contributed by atoms with E-state index in [9.17, 15) is 4.79 Å². The second-order valence-electron chi connectivity index (χ2n) is 3.52. The minimum absolute atomic E-state index is 0.347. The summed E-state index contributed by atoms with van der Waals surface area (Å²) in [5.74, 6) is 0.759. The Balaban J connectivity index is 2.19. The van der Waals surface area contributed by atoms with Gasteiger partial charge in [-0.25, -0.2) is 4.79 Å². The molecular formula is C14H12O2S. The Labute approximate surface area is 106 Å². The van der Waals surface area contributed by atoms with Gasteiger partial charge in [-0.3, -0.25) is 0 Å². The summed E-state index contributed by atoms with van der Waals surface area (Å²) >= 11 is 4.20. The van der Waals surface area contributed by atoms with E-state index in [2.05, 4.69) is 12.6 Å². The second kappa shape index (κ2) is 5.55. The van der Waals surface area contributed by atoms with Crippen LogP contribution >= 0.6 is 12.6 Å². The van der Waals surface area contributed by atoms with Crippen LogP contribution in [-0.2, 0) is 5.75 Å². The summed E-state index contributed by atoms with van der Waals surface area (Å²) in [4.78, 5) is 11.8. The van der Waals surface area contributed by atoms with Gasteiger partial charge in [-0.2, -0.15) is 12.6 Å². The molecule has 0 spiro atoms. The van der Waals surface area contributed by atoms with E-state index in [0.29, 0.717) is 17.1 Å². The van der Waals surface area contributed by atoms with E-state index in [1.54, 1.807) is 30.3 Å². The smallest absolute Gasteiger partial charge is 0.343 e. The van der Waals surface area contributed by atoms with Crippen molar-refractivity contribution in [2.75, 3.05) is 0 Å². The SMILES string of the molecule is O=C(Oc1ccccc1CS)c1ccccc1. The highest BCUT2D eigenvalue weighted by Gasteiger charge is 2.09. The molecule has 17 heavy (non-hydrogen) atoms. The third-order valence-corrected chi connectivity index (χ3v) is 2.70. The van der Waals surface area contributed by atoms with Gasteiger partial charge >= 0.3 is 5.97 Å². The first kappa shape index (κ1) is 11.7. The molecule has 0 saturated heterocycles. The van der Waals surface area contributed by atoms with Gasteiger partial charge in [-0.15, -0.1) is 0 Å². The number of ether oxygens (including phenoxy) is 1. The first-order valence-corrected chi connectivity index (χ1v) is 5.90. The van der Waals surface area contributed by atoms with Gasteiger partial charge in [0.25, 0.3) is 0 Å². The Hall–Kier alpha value is -1.74. The van der Waals surface area contributed by atoms with Crippen LogP contribution in [0.4, 0.5) is 0 Å². The van der Waals surface area contributed by atoms with Crippen LogP contribution in [0.2, 0.25) is 0 Å². The molecular weight excluding hydrogens is 232 g/mol. The highest BCUT2D eigenvalue weighted by molar-refractivity contribution is 7.79. The Morgan fingerprint density at radius 2 is 1.65 bits per heavy atom. The summed E-state index contributed by atoms with van der Waals surface area (Å²) in [6.45, 7) is 0. The van der Waals surface area contributed by atoms with Crippen LogP contribution in [0.25, 0.3) is 0 Å². The van der Waals surface area contributed by atoms with Crippen molar-refractivity contribution < 1.29 is 9.53 Å². The zero-order valence-electron chi connectivity index (χ0n) is 9.17. The Bertz CT molecular complexity index is 509. The molecule has 0 atom stereocenters. The molecule has 2 aromatic carbocycles. The third-order valence-electron chi connectivity index (χ3n) is 2.36. The summed E-state index contributed by atoms with van der Waals surface area (Å²) in [5.41, 5.74) is 1.45. The number of para-hydroxylation sites is 1. The molecule has 0 fully saturated rings. The lowest BCUT2D eigenvalue weighted by atomic mass is 10.2. The summed E-state index contributed by atoms with van der Waals surface area (Å²) in [6.07, 6.45) is 0. The van der Waals surface area contributed by atoms with Crippen molar-refractivity contribution in [1.82, 2.24) is 0 Å². The molecule has 0 aromatic heterocycles. The molecule has 2 nitrogen and oxygen atoms in total. The van der Waals surface area contributed by atoms with E-state index in [1.165, 1.54) is 0 Å². The van der Waals surface area contributed by atoms with Crippen LogP contribution in [0.3, 0.4) is 0 Å². The van der Waals surface area contributed by atoms with E-state index in [4.69, 9.17) is 4.74 Å². The largest absolute Gasteiger partial charge is 0.423 e. The highest BCUT2D eigenvalue weighted by atomic mass is 32.1. The molecule has 0 saturated carbocycles. The normalized spacial score (nSPS) is 9.94. The zero-order valence-corrected chi connectivity index (χ0v) is 10.1. The van der Waals surface area contributed by atoms with Crippen molar-refractivity contribution in [3.05, 3.63) is 65.7 Å². The quantitative estimate of drug-likeness (QED) is 0.509. The maximum atomic E-state index is 11.8. The predicted octanol–water partition coefficient (Wildman–Crippen LogP) is 3.34. The molecule has 0 aliphatic rings. The van der Waals surface area contributed by atoms with E-state index < -0.39 is 0 Å². The monoisotopic (exact) mass is 244 g/mol. The average Bonchev–Trinajstić information content (AvgIpc) is 2.40. The number of thiol groups is 1. The number of carbonyl (C=O) groups is 1. The van der Waals surface area contributed by atoms with E-state index in [1.807, 2.05) is 24.3 Å². The lowest BCUT2D eigenvalue weighted by molar-refractivity contribution is 0.0733. The second-order valence-corrected chi connectivity index (χ2v) is 3.84. The zero-order chi connectivity index (χ0) is 12.1. The first-order chi connectivity index (χ1) is 8.31. The molecule has 0 N–H and O–H groups in total. The summed E-state index contributed by atoms with van der Waals surface area (Å²) < 4.78 is 5.33. The van der Waals surface area contributed by atoms with Gasteiger partial charge in [0, 0.05) is 11.3 Å². The first-order valence-electron chi connectivity index (χ1n) is 5.27. The maximum Gasteiger partial charge on any atom is 0.343 e. The van der Waals surface area contributed by atoms with Gasteiger partial charge < -0.3 is 4.74 Å². The average molecular weight is 244 g/mol. The molecule has 0 aliphatic carbocycles.